The Morgan fingerprint density at radius 2 is 1.95 bits per heavy atom. The SMILES string of the molecule is CCOCCNC(=NC)NCCOc1cccc(Br)c1.I. The molecule has 21 heavy (non-hydrogen) atoms. The van der Waals surface area contributed by atoms with Gasteiger partial charge in [-0.05, 0) is 25.1 Å². The maximum absolute atomic E-state index is 5.62. The summed E-state index contributed by atoms with van der Waals surface area (Å²) < 4.78 is 11.9. The summed E-state index contributed by atoms with van der Waals surface area (Å²) in [5.41, 5.74) is 0. The Morgan fingerprint density at radius 1 is 1.24 bits per heavy atom. The van der Waals surface area contributed by atoms with Gasteiger partial charge in [-0.1, -0.05) is 22.0 Å². The molecule has 0 saturated carbocycles. The largest absolute Gasteiger partial charge is 0.492 e. The van der Waals surface area contributed by atoms with Crippen LogP contribution in [0.1, 0.15) is 6.92 Å². The minimum Gasteiger partial charge on any atom is -0.492 e. The summed E-state index contributed by atoms with van der Waals surface area (Å²) in [6.45, 7) is 5.37. The van der Waals surface area contributed by atoms with Crippen LogP contribution in [0.15, 0.2) is 33.7 Å². The van der Waals surface area contributed by atoms with E-state index in [0.717, 1.165) is 29.3 Å². The van der Waals surface area contributed by atoms with Gasteiger partial charge in [0.25, 0.3) is 0 Å². The molecular weight excluding hydrogens is 449 g/mol. The molecule has 1 rings (SSSR count). The predicted octanol–water partition coefficient (Wildman–Crippen LogP) is 2.65. The van der Waals surface area contributed by atoms with Crippen molar-refractivity contribution in [2.24, 2.45) is 4.99 Å². The van der Waals surface area contributed by atoms with Gasteiger partial charge in [-0.2, -0.15) is 0 Å². The van der Waals surface area contributed by atoms with Crippen molar-refractivity contribution in [2.75, 3.05) is 40.0 Å². The molecule has 0 aromatic heterocycles. The zero-order valence-corrected chi connectivity index (χ0v) is 16.3. The zero-order valence-electron chi connectivity index (χ0n) is 12.4. The third kappa shape index (κ3) is 9.92. The summed E-state index contributed by atoms with van der Waals surface area (Å²) in [5, 5.41) is 6.34. The summed E-state index contributed by atoms with van der Waals surface area (Å²) >= 11 is 3.41. The number of benzene rings is 1. The topological polar surface area (TPSA) is 54.9 Å². The van der Waals surface area contributed by atoms with Crippen LogP contribution in [0.25, 0.3) is 0 Å². The van der Waals surface area contributed by atoms with Gasteiger partial charge in [-0.15, -0.1) is 24.0 Å². The van der Waals surface area contributed by atoms with Crippen LogP contribution in [0.3, 0.4) is 0 Å². The Balaban J connectivity index is 0.00000400. The highest BCUT2D eigenvalue weighted by Gasteiger charge is 1.98. The number of ether oxygens (including phenoxy) is 2. The van der Waals surface area contributed by atoms with Gasteiger partial charge in [0.2, 0.25) is 0 Å². The quantitative estimate of drug-likeness (QED) is 0.265. The van der Waals surface area contributed by atoms with Gasteiger partial charge in [-0.25, -0.2) is 0 Å². The lowest BCUT2D eigenvalue weighted by Crippen LogP contribution is -2.40. The number of nitrogens with one attached hydrogen (secondary N) is 2. The molecule has 0 heterocycles. The van der Waals surface area contributed by atoms with E-state index in [4.69, 9.17) is 9.47 Å². The first-order valence-electron chi connectivity index (χ1n) is 6.67. The molecule has 5 nitrogen and oxygen atoms in total. The first-order chi connectivity index (χ1) is 9.76. The average Bonchev–Trinajstić information content (AvgIpc) is 2.46. The number of halogens is 2. The van der Waals surface area contributed by atoms with Crippen LogP contribution >= 0.6 is 39.9 Å². The maximum Gasteiger partial charge on any atom is 0.191 e. The van der Waals surface area contributed by atoms with Crippen LogP contribution in [0.5, 0.6) is 5.75 Å². The van der Waals surface area contributed by atoms with Crippen molar-refractivity contribution < 1.29 is 9.47 Å². The fourth-order valence-electron chi connectivity index (χ4n) is 1.50. The van der Waals surface area contributed by atoms with Crippen molar-refractivity contribution in [3.8, 4) is 5.75 Å². The average molecular weight is 472 g/mol. The van der Waals surface area contributed by atoms with Crippen molar-refractivity contribution in [3.05, 3.63) is 28.7 Å². The minimum atomic E-state index is 0. The van der Waals surface area contributed by atoms with E-state index in [1.165, 1.54) is 0 Å². The molecule has 1 aromatic rings. The minimum absolute atomic E-state index is 0. The van der Waals surface area contributed by atoms with Crippen molar-refractivity contribution in [3.63, 3.8) is 0 Å². The molecule has 2 N–H and O–H groups in total. The Hall–Kier alpha value is -0.540. The summed E-state index contributed by atoms with van der Waals surface area (Å²) in [5.74, 6) is 1.60. The van der Waals surface area contributed by atoms with E-state index in [1.54, 1.807) is 7.05 Å². The van der Waals surface area contributed by atoms with E-state index < -0.39 is 0 Å². The van der Waals surface area contributed by atoms with Gasteiger partial charge in [0.1, 0.15) is 12.4 Å². The third-order valence-corrected chi connectivity index (χ3v) is 2.92. The molecule has 0 aliphatic carbocycles. The van der Waals surface area contributed by atoms with E-state index in [-0.39, 0.29) is 24.0 Å². The second kappa shape index (κ2) is 13.1. The highest BCUT2D eigenvalue weighted by Crippen LogP contribution is 2.17. The number of hydrogen-bond acceptors (Lipinski definition) is 3. The molecule has 7 heteroatoms. The molecule has 1 aromatic carbocycles. The molecule has 0 aliphatic heterocycles. The fraction of sp³-hybridized carbons (Fsp3) is 0.500. The fourth-order valence-corrected chi connectivity index (χ4v) is 1.88. The van der Waals surface area contributed by atoms with Gasteiger partial charge < -0.3 is 20.1 Å². The molecule has 0 atom stereocenters. The van der Waals surface area contributed by atoms with Gasteiger partial charge in [-0.3, -0.25) is 4.99 Å². The molecule has 0 amide bonds. The first kappa shape index (κ1) is 20.5. The Morgan fingerprint density at radius 3 is 2.57 bits per heavy atom. The first-order valence-corrected chi connectivity index (χ1v) is 7.46. The lowest BCUT2D eigenvalue weighted by molar-refractivity contribution is 0.152. The Labute approximate surface area is 152 Å². The van der Waals surface area contributed by atoms with Crippen molar-refractivity contribution in [1.29, 1.82) is 0 Å². The van der Waals surface area contributed by atoms with Crippen LogP contribution < -0.4 is 15.4 Å². The molecule has 0 fully saturated rings. The van der Waals surface area contributed by atoms with Gasteiger partial charge in [0, 0.05) is 24.7 Å². The van der Waals surface area contributed by atoms with Crippen molar-refractivity contribution >= 4 is 45.9 Å². The molecule has 120 valence electrons. The van der Waals surface area contributed by atoms with E-state index in [0.29, 0.717) is 19.8 Å². The second-order valence-corrected chi connectivity index (χ2v) is 4.84. The van der Waals surface area contributed by atoms with Crippen LogP contribution in [-0.2, 0) is 4.74 Å². The standard InChI is InChI=1S/C14H22BrN3O2.HI/c1-3-19-9-7-17-14(16-2)18-8-10-20-13-6-4-5-12(15)11-13;/h4-6,11H,3,7-10H2,1-2H3,(H2,16,17,18);1H. The summed E-state index contributed by atoms with van der Waals surface area (Å²) in [4.78, 5) is 4.12. The molecular formula is C14H23BrIN3O2. The van der Waals surface area contributed by atoms with Gasteiger partial charge >= 0.3 is 0 Å². The van der Waals surface area contributed by atoms with Crippen LogP contribution in [0.4, 0.5) is 0 Å². The number of nitrogens with zero attached hydrogens (tertiary/aromatic N) is 1. The smallest absolute Gasteiger partial charge is 0.191 e. The predicted molar refractivity (Wildman–Crippen MR) is 101 cm³/mol. The number of guanidine groups is 1. The molecule has 0 saturated heterocycles. The summed E-state index contributed by atoms with van der Waals surface area (Å²) in [7, 11) is 1.74. The van der Waals surface area contributed by atoms with Crippen molar-refractivity contribution in [1.82, 2.24) is 10.6 Å². The number of aliphatic imine (C=N–C) groups is 1. The van der Waals surface area contributed by atoms with E-state index in [2.05, 4.69) is 31.6 Å². The monoisotopic (exact) mass is 471 g/mol. The molecule has 0 unspecified atom stereocenters. The third-order valence-electron chi connectivity index (χ3n) is 2.43. The lowest BCUT2D eigenvalue weighted by atomic mass is 10.3. The summed E-state index contributed by atoms with van der Waals surface area (Å²) in [6.07, 6.45) is 0. The number of hydrogen-bond donors (Lipinski definition) is 2. The van der Waals surface area contributed by atoms with Gasteiger partial charge in [0.05, 0.1) is 13.2 Å². The number of rotatable bonds is 8. The summed E-state index contributed by atoms with van der Waals surface area (Å²) in [6, 6.07) is 7.78. The molecule has 0 bridgehead atoms. The molecule has 0 spiro atoms. The normalized spacial score (nSPS) is 10.7. The lowest BCUT2D eigenvalue weighted by Gasteiger charge is -2.12. The van der Waals surface area contributed by atoms with Crippen LogP contribution in [-0.4, -0.2) is 45.9 Å². The van der Waals surface area contributed by atoms with E-state index in [9.17, 15) is 0 Å². The van der Waals surface area contributed by atoms with E-state index >= 15 is 0 Å². The van der Waals surface area contributed by atoms with Crippen LogP contribution in [0.2, 0.25) is 0 Å². The Bertz CT molecular complexity index is 419. The van der Waals surface area contributed by atoms with Crippen LogP contribution in [0, 0.1) is 0 Å². The van der Waals surface area contributed by atoms with Crippen molar-refractivity contribution in [2.45, 2.75) is 6.92 Å². The Kier molecular flexibility index (Phi) is 12.8. The van der Waals surface area contributed by atoms with Gasteiger partial charge in [0.15, 0.2) is 5.96 Å². The molecule has 0 aliphatic rings. The zero-order chi connectivity index (χ0) is 14.6. The highest BCUT2D eigenvalue weighted by atomic mass is 127. The highest BCUT2D eigenvalue weighted by molar-refractivity contribution is 14.0. The maximum atomic E-state index is 5.62. The molecule has 0 radical (unpaired) electrons. The second-order valence-electron chi connectivity index (χ2n) is 3.93. The van der Waals surface area contributed by atoms with E-state index in [1.807, 2.05) is 31.2 Å².